The van der Waals surface area contributed by atoms with E-state index >= 15 is 0 Å². The van der Waals surface area contributed by atoms with E-state index in [1.165, 1.54) is 16.0 Å². The first kappa shape index (κ1) is 23.2. The minimum Gasteiger partial charge on any atom is -0.324 e. The molecule has 1 N–H and O–H groups in total. The van der Waals surface area contributed by atoms with Crippen LogP contribution in [0.1, 0.15) is 35.3 Å². The van der Waals surface area contributed by atoms with Crippen LogP contribution in [-0.2, 0) is 12.0 Å². The van der Waals surface area contributed by atoms with E-state index in [9.17, 15) is 4.79 Å². The summed E-state index contributed by atoms with van der Waals surface area (Å²) in [7, 11) is 2.14. The number of hydrogen-bond donors (Lipinski definition) is 1. The van der Waals surface area contributed by atoms with Gasteiger partial charge in [-0.15, -0.1) is 0 Å². The average Bonchev–Trinajstić information content (AvgIpc) is 3.30. The number of halogens is 2. The van der Waals surface area contributed by atoms with Crippen LogP contribution < -0.4 is 15.1 Å². The van der Waals surface area contributed by atoms with Crippen LogP contribution >= 0.6 is 23.2 Å². The Labute approximate surface area is 219 Å². The molecule has 0 bridgehead atoms. The third-order valence-corrected chi connectivity index (χ3v) is 7.44. The van der Waals surface area contributed by atoms with Crippen molar-refractivity contribution in [2.75, 3.05) is 41.8 Å². The molecule has 0 fully saturated rings. The Bertz CT molecular complexity index is 1420. The number of benzene rings is 2. The smallest absolute Gasteiger partial charge is 0.270 e. The van der Waals surface area contributed by atoms with Crippen molar-refractivity contribution in [3.63, 3.8) is 0 Å². The molecule has 0 aliphatic carbocycles. The highest BCUT2D eigenvalue weighted by Gasteiger charge is 2.41. The summed E-state index contributed by atoms with van der Waals surface area (Å²) in [6.07, 6.45) is 1.55. The van der Waals surface area contributed by atoms with Crippen LogP contribution in [0.4, 0.5) is 23.1 Å². The molecule has 36 heavy (non-hydrogen) atoms. The van der Waals surface area contributed by atoms with E-state index in [2.05, 4.69) is 59.3 Å². The number of aromatic nitrogens is 2. The van der Waals surface area contributed by atoms with Crippen molar-refractivity contribution in [1.29, 1.82) is 0 Å². The predicted octanol–water partition coefficient (Wildman–Crippen LogP) is 5.09. The topological polar surface area (TPSA) is 77.0 Å². The number of nitrogens with one attached hydrogen (secondary N) is 1. The van der Waals surface area contributed by atoms with Gasteiger partial charge in [0.05, 0.1) is 22.3 Å². The maximum Gasteiger partial charge on any atom is 0.270 e. The number of carbonyl (C=O) groups excluding carboxylic acids is 1. The van der Waals surface area contributed by atoms with E-state index in [-0.39, 0.29) is 11.3 Å². The molecule has 0 spiro atoms. The molecule has 10 heteroatoms. The molecular formula is C26H25Cl2N7O. The molecule has 0 saturated heterocycles. The molecule has 3 aliphatic heterocycles. The minimum absolute atomic E-state index is 0.0887. The van der Waals surface area contributed by atoms with Crippen molar-refractivity contribution in [1.82, 2.24) is 14.9 Å². The number of anilines is 4. The first-order valence-electron chi connectivity index (χ1n) is 11.8. The van der Waals surface area contributed by atoms with E-state index < -0.39 is 0 Å². The number of likely N-dealkylation sites (N-methyl/N-ethyl adjacent to an activating group) is 1. The number of para-hydroxylation sites is 1. The summed E-state index contributed by atoms with van der Waals surface area (Å²) in [6, 6.07) is 11.5. The summed E-state index contributed by atoms with van der Waals surface area (Å²) in [5.74, 6) is 1.08. The van der Waals surface area contributed by atoms with Crippen LogP contribution in [0.3, 0.4) is 0 Å². The molecule has 184 valence electrons. The van der Waals surface area contributed by atoms with Crippen molar-refractivity contribution < 1.29 is 4.79 Å². The van der Waals surface area contributed by atoms with Gasteiger partial charge in [-0.1, -0.05) is 49.2 Å². The first-order valence-corrected chi connectivity index (χ1v) is 12.5. The summed E-state index contributed by atoms with van der Waals surface area (Å²) in [4.78, 5) is 33.1. The van der Waals surface area contributed by atoms with Gasteiger partial charge in [0, 0.05) is 36.9 Å². The maximum atomic E-state index is 13.6. The molecular weight excluding hydrogens is 497 g/mol. The fraction of sp³-hybridized carbons (Fsp3) is 0.308. The molecule has 6 rings (SSSR count). The SMILES string of the molecule is CN1Cc2cc(Nc3ncc4c(n3)N3CCN=C3N(c3c(Cl)cccc3Cl)C4=O)ccc2C(C)(C)C1. The van der Waals surface area contributed by atoms with E-state index in [0.29, 0.717) is 52.1 Å². The molecule has 3 aliphatic rings. The predicted molar refractivity (Wildman–Crippen MR) is 144 cm³/mol. The zero-order chi connectivity index (χ0) is 25.2. The van der Waals surface area contributed by atoms with E-state index in [0.717, 1.165) is 18.8 Å². The van der Waals surface area contributed by atoms with Gasteiger partial charge in [-0.25, -0.2) is 9.88 Å². The van der Waals surface area contributed by atoms with Crippen LogP contribution in [-0.4, -0.2) is 53.4 Å². The highest BCUT2D eigenvalue weighted by atomic mass is 35.5. The number of aliphatic imine (C=N–C) groups is 1. The Balaban J connectivity index is 1.35. The lowest BCUT2D eigenvalue weighted by atomic mass is 9.78. The lowest BCUT2D eigenvalue weighted by Crippen LogP contribution is -2.51. The van der Waals surface area contributed by atoms with Crippen LogP contribution in [0.15, 0.2) is 47.6 Å². The van der Waals surface area contributed by atoms with Gasteiger partial charge < -0.3 is 10.2 Å². The Hall–Kier alpha value is -3.20. The number of fused-ring (bicyclic) bond motifs is 4. The molecule has 4 heterocycles. The lowest BCUT2D eigenvalue weighted by molar-refractivity contribution is 0.1000. The van der Waals surface area contributed by atoms with E-state index in [1.807, 2.05) is 4.90 Å². The van der Waals surface area contributed by atoms with E-state index in [4.69, 9.17) is 28.2 Å². The van der Waals surface area contributed by atoms with Gasteiger partial charge in [-0.3, -0.25) is 14.7 Å². The second-order valence-corrected chi connectivity index (χ2v) is 10.8. The summed E-state index contributed by atoms with van der Waals surface area (Å²) >= 11 is 12.9. The third kappa shape index (κ3) is 3.72. The van der Waals surface area contributed by atoms with E-state index in [1.54, 1.807) is 24.4 Å². The zero-order valence-electron chi connectivity index (χ0n) is 20.2. The fourth-order valence-corrected chi connectivity index (χ4v) is 6.00. The van der Waals surface area contributed by atoms with Crippen LogP contribution in [0, 0.1) is 0 Å². The molecule has 0 saturated carbocycles. The molecule has 3 aromatic rings. The fourth-order valence-electron chi connectivity index (χ4n) is 5.43. The van der Waals surface area contributed by atoms with Gasteiger partial charge in [-0.05, 0) is 42.4 Å². The minimum atomic E-state index is -0.317. The van der Waals surface area contributed by atoms with Crippen LogP contribution in [0.5, 0.6) is 0 Å². The normalized spacial score (nSPS) is 18.5. The van der Waals surface area contributed by atoms with Gasteiger partial charge in [0.15, 0.2) is 5.82 Å². The summed E-state index contributed by atoms with van der Waals surface area (Å²) in [5, 5.41) is 4.07. The highest BCUT2D eigenvalue weighted by Crippen LogP contribution is 2.40. The van der Waals surface area contributed by atoms with Gasteiger partial charge >= 0.3 is 0 Å². The molecule has 8 nitrogen and oxygen atoms in total. The van der Waals surface area contributed by atoms with Crippen molar-refractivity contribution in [2.45, 2.75) is 25.8 Å². The third-order valence-electron chi connectivity index (χ3n) is 6.83. The lowest BCUT2D eigenvalue weighted by Gasteiger charge is -2.38. The Morgan fingerprint density at radius 1 is 1.11 bits per heavy atom. The largest absolute Gasteiger partial charge is 0.324 e. The highest BCUT2D eigenvalue weighted by molar-refractivity contribution is 6.43. The van der Waals surface area contributed by atoms with Crippen molar-refractivity contribution >= 4 is 58.2 Å². The number of nitrogens with zero attached hydrogens (tertiary/aromatic N) is 6. The monoisotopic (exact) mass is 521 g/mol. The molecule has 0 unspecified atom stereocenters. The van der Waals surface area contributed by atoms with Crippen LogP contribution in [0.25, 0.3) is 0 Å². The van der Waals surface area contributed by atoms with Crippen molar-refractivity contribution in [3.05, 3.63) is 69.3 Å². The van der Waals surface area contributed by atoms with Gasteiger partial charge in [0.2, 0.25) is 11.9 Å². The Kier molecular flexibility index (Phi) is 5.44. The van der Waals surface area contributed by atoms with Crippen LogP contribution in [0.2, 0.25) is 10.0 Å². The number of amides is 1. The summed E-state index contributed by atoms with van der Waals surface area (Å²) < 4.78 is 0. The quantitative estimate of drug-likeness (QED) is 0.517. The zero-order valence-corrected chi connectivity index (χ0v) is 21.7. The van der Waals surface area contributed by atoms with Gasteiger partial charge in [-0.2, -0.15) is 4.98 Å². The number of carbonyl (C=O) groups is 1. The number of hydrogen-bond acceptors (Lipinski definition) is 7. The molecule has 0 radical (unpaired) electrons. The summed E-state index contributed by atoms with van der Waals surface area (Å²) in [5.41, 5.74) is 4.41. The van der Waals surface area contributed by atoms with Crippen molar-refractivity contribution in [3.8, 4) is 0 Å². The second-order valence-electron chi connectivity index (χ2n) is 10.0. The van der Waals surface area contributed by atoms with Crippen molar-refractivity contribution in [2.24, 2.45) is 4.99 Å². The molecule has 1 amide bonds. The molecule has 0 atom stereocenters. The summed E-state index contributed by atoms with van der Waals surface area (Å²) in [6.45, 7) is 7.57. The number of guanidine groups is 1. The maximum absolute atomic E-state index is 13.6. The Morgan fingerprint density at radius 3 is 2.67 bits per heavy atom. The molecule has 1 aromatic heterocycles. The standard InChI is InChI=1S/C26H25Cl2N7O/c1-26(2)14-33(3)13-15-11-16(7-8-18(15)26)31-24-30-12-17-22(32-24)34-10-9-29-25(34)35(23(17)36)21-19(27)5-4-6-20(21)28/h4-8,11-12H,9-10,13-14H2,1-3H3,(H,30,31,32). The van der Waals surface area contributed by atoms with Gasteiger partial charge in [0.25, 0.3) is 5.91 Å². The van der Waals surface area contributed by atoms with Gasteiger partial charge in [0.1, 0.15) is 5.56 Å². The first-order chi connectivity index (χ1) is 17.2. The Morgan fingerprint density at radius 2 is 1.89 bits per heavy atom. The number of rotatable bonds is 3. The average molecular weight is 522 g/mol. The molecule has 2 aromatic carbocycles. The second kappa shape index (κ2) is 8.44.